The molecular weight excluding hydrogens is 272 g/mol. The van der Waals surface area contributed by atoms with E-state index in [9.17, 15) is 4.79 Å². The second-order valence-electron chi connectivity index (χ2n) is 7.37. The van der Waals surface area contributed by atoms with Crippen molar-refractivity contribution in [1.29, 1.82) is 0 Å². The largest absolute Gasteiger partial charge is 0.426 e. The molecule has 2 aliphatic carbocycles. The number of esters is 1. The highest BCUT2D eigenvalue weighted by Gasteiger charge is 2.32. The third kappa shape index (κ3) is 3.91. The molecule has 22 heavy (non-hydrogen) atoms. The summed E-state index contributed by atoms with van der Waals surface area (Å²) < 4.78 is 5.51. The summed E-state index contributed by atoms with van der Waals surface area (Å²) in [6, 6.07) is 9.46. The van der Waals surface area contributed by atoms with Crippen molar-refractivity contribution in [2.75, 3.05) is 0 Å². The van der Waals surface area contributed by atoms with Crippen molar-refractivity contribution < 1.29 is 9.53 Å². The molecule has 0 radical (unpaired) electrons. The van der Waals surface area contributed by atoms with E-state index in [-0.39, 0.29) is 11.9 Å². The summed E-state index contributed by atoms with van der Waals surface area (Å²) in [5, 5.41) is 0. The third-order valence-electron chi connectivity index (χ3n) is 5.79. The predicted octanol–water partition coefficient (Wildman–Crippen LogP) is 5.22. The molecule has 2 saturated carbocycles. The maximum Gasteiger partial charge on any atom is 0.314 e. The maximum absolute atomic E-state index is 12.3. The Balaban J connectivity index is 1.46. The molecular formula is C20H28O2. The van der Waals surface area contributed by atoms with Crippen LogP contribution in [0.5, 0.6) is 5.75 Å². The van der Waals surface area contributed by atoms with Crippen molar-refractivity contribution in [3.63, 3.8) is 0 Å². The first kappa shape index (κ1) is 15.6. The average molecular weight is 300 g/mol. The van der Waals surface area contributed by atoms with Gasteiger partial charge in [0.15, 0.2) is 0 Å². The first-order valence-electron chi connectivity index (χ1n) is 8.99. The van der Waals surface area contributed by atoms with Crippen LogP contribution < -0.4 is 4.74 Å². The number of ether oxygens (including phenoxy) is 1. The Hall–Kier alpha value is -1.31. The van der Waals surface area contributed by atoms with Crippen molar-refractivity contribution >= 4 is 5.97 Å². The molecule has 0 aliphatic heterocycles. The van der Waals surface area contributed by atoms with Gasteiger partial charge in [0, 0.05) is 0 Å². The quantitative estimate of drug-likeness (QED) is 0.564. The SMILES string of the molecule is CC1CCC(C2CCC(C(=O)Oc3ccccc3)CC2)CC1. The maximum atomic E-state index is 12.3. The van der Waals surface area contributed by atoms with Crippen molar-refractivity contribution in [1.82, 2.24) is 0 Å². The van der Waals surface area contributed by atoms with E-state index >= 15 is 0 Å². The topological polar surface area (TPSA) is 26.3 Å². The molecule has 2 fully saturated rings. The Morgan fingerprint density at radius 1 is 0.864 bits per heavy atom. The molecule has 0 N–H and O–H groups in total. The monoisotopic (exact) mass is 300 g/mol. The van der Waals surface area contributed by atoms with Gasteiger partial charge in [0.2, 0.25) is 0 Å². The van der Waals surface area contributed by atoms with Gasteiger partial charge in [0.1, 0.15) is 5.75 Å². The van der Waals surface area contributed by atoms with Gasteiger partial charge in [0.05, 0.1) is 5.92 Å². The van der Waals surface area contributed by atoms with E-state index in [1.165, 1.54) is 38.5 Å². The molecule has 1 aromatic carbocycles. The van der Waals surface area contributed by atoms with Crippen LogP contribution in [0.2, 0.25) is 0 Å². The molecule has 0 bridgehead atoms. The summed E-state index contributed by atoms with van der Waals surface area (Å²) in [4.78, 5) is 12.3. The average Bonchev–Trinajstić information content (AvgIpc) is 2.57. The first-order chi connectivity index (χ1) is 10.7. The third-order valence-corrected chi connectivity index (χ3v) is 5.79. The number of para-hydroxylation sites is 1. The highest BCUT2D eigenvalue weighted by atomic mass is 16.5. The lowest BCUT2D eigenvalue weighted by atomic mass is 9.69. The van der Waals surface area contributed by atoms with Crippen molar-refractivity contribution in [2.45, 2.75) is 58.3 Å². The lowest BCUT2D eigenvalue weighted by Gasteiger charge is -2.36. The van der Waals surface area contributed by atoms with Crippen LogP contribution in [0.3, 0.4) is 0 Å². The minimum absolute atomic E-state index is 0.0260. The summed E-state index contributed by atoms with van der Waals surface area (Å²) in [5.41, 5.74) is 0. The zero-order chi connectivity index (χ0) is 15.4. The molecule has 120 valence electrons. The van der Waals surface area contributed by atoms with Crippen LogP contribution in [0.1, 0.15) is 58.3 Å². The lowest BCUT2D eigenvalue weighted by molar-refractivity contribution is -0.140. The smallest absolute Gasteiger partial charge is 0.314 e. The molecule has 0 aromatic heterocycles. The number of hydrogen-bond acceptors (Lipinski definition) is 2. The Bertz CT molecular complexity index is 466. The van der Waals surface area contributed by atoms with Gasteiger partial charge in [-0.1, -0.05) is 38.0 Å². The fourth-order valence-electron chi connectivity index (χ4n) is 4.27. The van der Waals surface area contributed by atoms with E-state index in [1.807, 2.05) is 30.3 Å². The number of carbonyl (C=O) groups excluding carboxylic acids is 1. The van der Waals surface area contributed by atoms with Crippen LogP contribution in [-0.2, 0) is 4.79 Å². The molecule has 0 saturated heterocycles. The number of hydrogen-bond donors (Lipinski definition) is 0. The highest BCUT2D eigenvalue weighted by Crippen LogP contribution is 2.41. The Kier molecular flexibility index (Phi) is 5.17. The molecule has 0 atom stereocenters. The van der Waals surface area contributed by atoms with Gasteiger partial charge in [-0.25, -0.2) is 0 Å². The summed E-state index contributed by atoms with van der Waals surface area (Å²) in [6.07, 6.45) is 10.1. The second kappa shape index (κ2) is 7.30. The van der Waals surface area contributed by atoms with E-state index in [0.29, 0.717) is 5.75 Å². The van der Waals surface area contributed by atoms with Gasteiger partial charge in [-0.2, -0.15) is 0 Å². The van der Waals surface area contributed by atoms with Crippen LogP contribution in [-0.4, -0.2) is 5.97 Å². The van der Waals surface area contributed by atoms with Crippen LogP contribution in [0.25, 0.3) is 0 Å². The van der Waals surface area contributed by atoms with Crippen molar-refractivity contribution in [3.05, 3.63) is 30.3 Å². The molecule has 2 nitrogen and oxygen atoms in total. The molecule has 3 rings (SSSR count). The fourth-order valence-corrected chi connectivity index (χ4v) is 4.27. The molecule has 0 spiro atoms. The molecule has 2 heteroatoms. The predicted molar refractivity (Wildman–Crippen MR) is 88.6 cm³/mol. The van der Waals surface area contributed by atoms with Crippen molar-refractivity contribution in [3.8, 4) is 5.75 Å². The molecule has 2 aliphatic rings. The van der Waals surface area contributed by atoms with Gasteiger partial charge < -0.3 is 4.74 Å². The Morgan fingerprint density at radius 2 is 1.41 bits per heavy atom. The molecule has 0 heterocycles. The van der Waals surface area contributed by atoms with E-state index < -0.39 is 0 Å². The Morgan fingerprint density at radius 3 is 2.00 bits per heavy atom. The van der Waals surface area contributed by atoms with Gasteiger partial charge in [-0.15, -0.1) is 0 Å². The van der Waals surface area contributed by atoms with Crippen LogP contribution in [0.15, 0.2) is 30.3 Å². The Labute approximate surface area is 134 Å². The highest BCUT2D eigenvalue weighted by molar-refractivity contribution is 5.75. The zero-order valence-corrected chi connectivity index (χ0v) is 13.7. The van der Waals surface area contributed by atoms with Gasteiger partial charge in [0.25, 0.3) is 0 Å². The number of carbonyl (C=O) groups is 1. The molecule has 1 aromatic rings. The molecule has 0 amide bonds. The van der Waals surface area contributed by atoms with Crippen LogP contribution in [0.4, 0.5) is 0 Å². The van der Waals surface area contributed by atoms with Crippen LogP contribution >= 0.6 is 0 Å². The van der Waals surface area contributed by atoms with E-state index in [1.54, 1.807) is 0 Å². The van der Waals surface area contributed by atoms with E-state index in [4.69, 9.17) is 4.74 Å². The number of rotatable bonds is 3. The van der Waals surface area contributed by atoms with Crippen molar-refractivity contribution in [2.24, 2.45) is 23.7 Å². The van der Waals surface area contributed by atoms with E-state index in [2.05, 4.69) is 6.92 Å². The summed E-state index contributed by atoms with van der Waals surface area (Å²) in [6.45, 7) is 2.38. The molecule has 0 unspecified atom stereocenters. The second-order valence-corrected chi connectivity index (χ2v) is 7.37. The summed E-state index contributed by atoms with van der Waals surface area (Å²) >= 11 is 0. The van der Waals surface area contributed by atoms with Gasteiger partial charge in [-0.05, 0) is 68.4 Å². The summed E-state index contributed by atoms with van der Waals surface area (Å²) in [7, 11) is 0. The van der Waals surface area contributed by atoms with E-state index in [0.717, 1.165) is 30.6 Å². The number of benzene rings is 1. The standard InChI is InChI=1S/C20H28O2/c1-15-7-9-16(10-8-15)17-11-13-18(14-12-17)20(21)22-19-5-3-2-4-6-19/h2-6,15-18H,7-14H2,1H3. The normalized spacial score (nSPS) is 32.4. The zero-order valence-electron chi connectivity index (χ0n) is 13.7. The minimum Gasteiger partial charge on any atom is -0.426 e. The van der Waals surface area contributed by atoms with Gasteiger partial charge >= 0.3 is 5.97 Å². The minimum atomic E-state index is -0.0260. The first-order valence-corrected chi connectivity index (χ1v) is 8.99. The lowest BCUT2D eigenvalue weighted by Crippen LogP contribution is -2.29. The summed E-state index contributed by atoms with van der Waals surface area (Å²) in [5.74, 6) is 3.46. The van der Waals surface area contributed by atoms with Gasteiger partial charge in [-0.3, -0.25) is 4.79 Å². The van der Waals surface area contributed by atoms with Crippen LogP contribution in [0, 0.1) is 23.7 Å². The fraction of sp³-hybridized carbons (Fsp3) is 0.650.